The number of rotatable bonds is 5. The van der Waals surface area contributed by atoms with Gasteiger partial charge in [-0.2, -0.15) is 0 Å². The van der Waals surface area contributed by atoms with Crippen LogP contribution in [0.25, 0.3) is 0 Å². The molecule has 196 valence electrons. The maximum Gasteiger partial charge on any atom is 0.333 e. The summed E-state index contributed by atoms with van der Waals surface area (Å²) in [5.74, 6) is -1.10. The highest BCUT2D eigenvalue weighted by molar-refractivity contribution is 6.20. The SMILES string of the molecule is CC(C)CN1C(=O)N(CC(C)C)C(=O)C2(Cc3ccccc3N3CCN(c4ccccc4F)CC32)C1=O. The maximum atomic E-state index is 14.8. The minimum atomic E-state index is -1.48. The van der Waals surface area contributed by atoms with E-state index < -0.39 is 29.3 Å². The topological polar surface area (TPSA) is 64.2 Å². The van der Waals surface area contributed by atoms with Gasteiger partial charge in [-0.05, 0) is 42.0 Å². The van der Waals surface area contributed by atoms with Crippen LogP contribution in [0.3, 0.4) is 0 Å². The van der Waals surface area contributed by atoms with Crippen molar-refractivity contribution in [3.05, 3.63) is 59.9 Å². The van der Waals surface area contributed by atoms with Gasteiger partial charge in [0.05, 0.1) is 11.7 Å². The largest absolute Gasteiger partial charge is 0.365 e. The number of hydrogen-bond donors (Lipinski definition) is 0. The number of halogens is 1. The molecule has 1 atom stereocenters. The Hall–Kier alpha value is -3.42. The number of benzene rings is 2. The van der Waals surface area contributed by atoms with E-state index in [2.05, 4.69) is 4.90 Å². The summed E-state index contributed by atoms with van der Waals surface area (Å²) in [4.78, 5) is 49.0. The van der Waals surface area contributed by atoms with Crippen LogP contribution in [0.2, 0.25) is 0 Å². The second-order valence-corrected chi connectivity index (χ2v) is 11.3. The molecule has 2 aromatic rings. The first kappa shape index (κ1) is 25.2. The number of hydrogen-bond acceptors (Lipinski definition) is 5. The number of piperazine rings is 1. The van der Waals surface area contributed by atoms with Crippen molar-refractivity contribution < 1.29 is 18.8 Å². The highest BCUT2D eigenvalue weighted by Gasteiger charge is 2.65. The first-order chi connectivity index (χ1) is 17.6. The zero-order valence-electron chi connectivity index (χ0n) is 22.0. The molecule has 8 heteroatoms. The average molecular weight is 507 g/mol. The van der Waals surface area contributed by atoms with Gasteiger partial charge in [0.2, 0.25) is 11.8 Å². The smallest absolute Gasteiger partial charge is 0.333 e. The third-order valence-electron chi connectivity index (χ3n) is 7.72. The number of carbonyl (C=O) groups is 3. The van der Waals surface area contributed by atoms with E-state index in [0.29, 0.717) is 25.3 Å². The van der Waals surface area contributed by atoms with E-state index >= 15 is 0 Å². The molecule has 0 aromatic heterocycles. The third kappa shape index (κ3) is 4.06. The molecule has 3 aliphatic heterocycles. The zero-order chi connectivity index (χ0) is 26.5. The van der Waals surface area contributed by atoms with Crippen LogP contribution in [0.15, 0.2) is 48.5 Å². The predicted octanol–water partition coefficient (Wildman–Crippen LogP) is 4.17. The van der Waals surface area contributed by atoms with E-state index in [4.69, 9.17) is 0 Å². The predicted molar refractivity (Wildman–Crippen MR) is 141 cm³/mol. The fraction of sp³-hybridized carbons (Fsp3) is 0.483. The fourth-order valence-electron chi connectivity index (χ4n) is 6.16. The summed E-state index contributed by atoms with van der Waals surface area (Å²) in [7, 11) is 0. The number of amides is 4. The molecule has 5 rings (SSSR count). The van der Waals surface area contributed by atoms with Crippen molar-refractivity contribution in [1.82, 2.24) is 9.80 Å². The van der Waals surface area contributed by atoms with Gasteiger partial charge < -0.3 is 9.80 Å². The lowest BCUT2D eigenvalue weighted by Crippen LogP contribution is -2.76. The summed E-state index contributed by atoms with van der Waals surface area (Å²) in [5.41, 5.74) is 0.898. The van der Waals surface area contributed by atoms with Crippen molar-refractivity contribution in [1.29, 1.82) is 0 Å². The number of urea groups is 1. The molecule has 2 aromatic carbocycles. The zero-order valence-corrected chi connectivity index (χ0v) is 22.0. The van der Waals surface area contributed by atoms with Gasteiger partial charge in [0.1, 0.15) is 5.82 Å². The van der Waals surface area contributed by atoms with Gasteiger partial charge in [-0.15, -0.1) is 0 Å². The van der Waals surface area contributed by atoms with Gasteiger partial charge >= 0.3 is 6.03 Å². The van der Waals surface area contributed by atoms with Gasteiger partial charge in [-0.3, -0.25) is 19.4 Å². The Labute approximate surface area is 217 Å². The molecule has 0 aliphatic carbocycles. The van der Waals surface area contributed by atoms with Crippen LogP contribution >= 0.6 is 0 Å². The van der Waals surface area contributed by atoms with E-state index in [1.165, 1.54) is 15.9 Å². The average Bonchev–Trinajstić information content (AvgIpc) is 2.87. The lowest BCUT2D eigenvalue weighted by Gasteiger charge is -2.57. The monoisotopic (exact) mass is 506 g/mol. The van der Waals surface area contributed by atoms with Crippen molar-refractivity contribution in [2.45, 2.75) is 40.2 Å². The summed E-state index contributed by atoms with van der Waals surface area (Å²) >= 11 is 0. The van der Waals surface area contributed by atoms with E-state index in [9.17, 15) is 18.8 Å². The summed E-state index contributed by atoms with van der Waals surface area (Å²) in [6.45, 7) is 9.69. The molecule has 0 bridgehead atoms. The number of imide groups is 2. The number of barbiturate groups is 1. The van der Waals surface area contributed by atoms with Crippen molar-refractivity contribution in [3.8, 4) is 0 Å². The third-order valence-corrected chi connectivity index (χ3v) is 7.72. The fourth-order valence-corrected chi connectivity index (χ4v) is 6.16. The van der Waals surface area contributed by atoms with E-state index in [1.807, 2.05) is 56.9 Å². The van der Waals surface area contributed by atoms with Crippen molar-refractivity contribution >= 4 is 29.2 Å². The molecule has 7 nitrogen and oxygen atoms in total. The molecule has 3 heterocycles. The number of fused-ring (bicyclic) bond motifs is 4. The number of carbonyl (C=O) groups excluding carboxylic acids is 3. The summed E-state index contributed by atoms with van der Waals surface area (Å²) < 4.78 is 14.8. The molecule has 37 heavy (non-hydrogen) atoms. The van der Waals surface area contributed by atoms with E-state index in [1.54, 1.807) is 18.2 Å². The Balaban J connectivity index is 1.66. The molecule has 4 amide bonds. The van der Waals surface area contributed by atoms with Crippen LogP contribution in [0.1, 0.15) is 33.3 Å². The minimum absolute atomic E-state index is 0.0484. The van der Waals surface area contributed by atoms with E-state index in [0.717, 1.165) is 11.3 Å². The molecule has 0 saturated carbocycles. The molecule has 1 unspecified atom stereocenters. The van der Waals surface area contributed by atoms with Crippen LogP contribution in [0.5, 0.6) is 0 Å². The van der Waals surface area contributed by atoms with Gasteiger partial charge in [0.25, 0.3) is 0 Å². The lowest BCUT2D eigenvalue weighted by molar-refractivity contribution is -0.161. The van der Waals surface area contributed by atoms with Gasteiger partial charge in [-0.25, -0.2) is 9.18 Å². The molecule has 2 saturated heterocycles. The van der Waals surface area contributed by atoms with E-state index in [-0.39, 0.29) is 37.2 Å². The van der Waals surface area contributed by atoms with Gasteiger partial charge in [-0.1, -0.05) is 58.0 Å². The van der Waals surface area contributed by atoms with Crippen LogP contribution < -0.4 is 9.80 Å². The van der Waals surface area contributed by atoms with Crippen LogP contribution in [-0.2, 0) is 16.0 Å². The highest BCUT2D eigenvalue weighted by Crippen LogP contribution is 2.47. The highest BCUT2D eigenvalue weighted by atomic mass is 19.1. The number of nitrogens with zero attached hydrogens (tertiary/aromatic N) is 4. The summed E-state index contributed by atoms with van der Waals surface area (Å²) in [6.07, 6.45) is 0.212. The first-order valence-electron chi connectivity index (χ1n) is 13.2. The molecular weight excluding hydrogens is 471 g/mol. The second-order valence-electron chi connectivity index (χ2n) is 11.3. The lowest BCUT2D eigenvalue weighted by atomic mass is 9.67. The maximum absolute atomic E-state index is 14.8. The Morgan fingerprint density at radius 1 is 0.838 bits per heavy atom. The Bertz CT molecular complexity index is 1200. The molecular formula is C29H35FN4O3. The summed E-state index contributed by atoms with van der Waals surface area (Å²) in [5, 5.41) is 0. The van der Waals surface area contributed by atoms with Gasteiger partial charge in [0, 0.05) is 38.4 Å². The molecule has 0 radical (unpaired) electrons. The molecule has 0 N–H and O–H groups in total. The normalized spacial score (nSPS) is 21.3. The Kier molecular flexibility index (Phi) is 6.46. The first-order valence-corrected chi connectivity index (χ1v) is 13.2. The minimum Gasteiger partial charge on any atom is -0.365 e. The number of anilines is 2. The molecule has 2 fully saturated rings. The van der Waals surface area contributed by atoms with Crippen LogP contribution in [0, 0.1) is 23.1 Å². The molecule has 1 spiro atoms. The van der Waals surface area contributed by atoms with Crippen molar-refractivity contribution in [2.75, 3.05) is 42.5 Å². The summed E-state index contributed by atoms with van der Waals surface area (Å²) in [6, 6.07) is 13.4. The Morgan fingerprint density at radius 3 is 2.00 bits per heavy atom. The standard InChI is InChI=1S/C29H35FN4O3/c1-19(2)16-33-26(35)29(27(36)34(28(33)37)17-20(3)4)15-21-9-5-7-11-23(21)32-14-13-31(18-25(29)32)24-12-8-6-10-22(24)30/h5-12,19-20,25H,13-18H2,1-4H3. The van der Waals surface area contributed by atoms with Crippen LogP contribution in [0.4, 0.5) is 20.6 Å². The Morgan fingerprint density at radius 2 is 1.41 bits per heavy atom. The van der Waals surface area contributed by atoms with Gasteiger partial charge in [0.15, 0.2) is 5.41 Å². The van der Waals surface area contributed by atoms with Crippen molar-refractivity contribution in [3.63, 3.8) is 0 Å². The van der Waals surface area contributed by atoms with Crippen LogP contribution in [-0.4, -0.2) is 66.4 Å². The molecule has 3 aliphatic rings. The second kappa shape index (κ2) is 9.47. The quantitative estimate of drug-likeness (QED) is 0.570. The number of para-hydroxylation sites is 2. The van der Waals surface area contributed by atoms with Crippen molar-refractivity contribution in [2.24, 2.45) is 17.3 Å².